The van der Waals surface area contributed by atoms with Crippen LogP contribution in [-0.4, -0.2) is 140 Å². The number of carbonyl (C=O) groups is 2. The van der Waals surface area contributed by atoms with Gasteiger partial charge in [0.25, 0.3) is 0 Å². The molecule has 0 saturated carbocycles. The van der Waals surface area contributed by atoms with E-state index >= 15 is 0 Å². The van der Waals surface area contributed by atoms with Crippen LogP contribution < -0.4 is 19.6 Å². The topological polar surface area (TPSA) is 143 Å². The lowest BCUT2D eigenvalue weighted by Crippen LogP contribution is -2.44. The number of hydrogen-bond donors (Lipinski definition) is 0. The van der Waals surface area contributed by atoms with Crippen molar-refractivity contribution in [3.05, 3.63) is 82.7 Å². The number of aromatic nitrogens is 8. The number of amides is 2. The van der Waals surface area contributed by atoms with Gasteiger partial charge in [-0.25, -0.2) is 0 Å². The van der Waals surface area contributed by atoms with Crippen molar-refractivity contribution in [3.8, 4) is 22.3 Å². The van der Waals surface area contributed by atoms with E-state index in [2.05, 4.69) is 33.4 Å². The number of ether oxygens (including phenoxy) is 2. The fourth-order valence-corrected chi connectivity index (χ4v) is 12.7. The first-order valence-electron chi connectivity index (χ1n) is 28.5. The molecule has 2 atom stereocenters. The van der Waals surface area contributed by atoms with Crippen LogP contribution in [0.15, 0.2) is 49.1 Å². The standard InChI is InChI=1S/2C29H36F3N7O2/c2*1-5-27(40)37-9-6-24-22(17-37)28(34-39(24)20-7-10-41-11-8-20)38-15-18(2)36(4)25-12-21(19-14-33-35(3)16-19)23(13-26(25)38)29(30,31)32/h2*12-14,16,18,20H,5-11,15,17H2,1-4H3/t2*18-/m10/s1. The van der Waals surface area contributed by atoms with E-state index in [9.17, 15) is 35.9 Å². The summed E-state index contributed by atoms with van der Waals surface area (Å²) in [5.41, 5.74) is 5.92. The highest BCUT2D eigenvalue weighted by Gasteiger charge is 2.43. The molecule has 4 aromatic heterocycles. The summed E-state index contributed by atoms with van der Waals surface area (Å²) in [6.45, 7) is 13.4. The van der Waals surface area contributed by atoms with E-state index in [4.69, 9.17) is 19.7 Å². The number of fused-ring (bicyclic) bond motifs is 4. The Bertz CT molecular complexity index is 3130. The summed E-state index contributed by atoms with van der Waals surface area (Å²) in [5.74, 6) is 1.41. The fourth-order valence-electron chi connectivity index (χ4n) is 12.7. The summed E-state index contributed by atoms with van der Waals surface area (Å²) < 4.78 is 106. The summed E-state index contributed by atoms with van der Waals surface area (Å²) in [4.78, 5) is 37.1. The molecule has 6 aromatic rings. The van der Waals surface area contributed by atoms with Gasteiger partial charge >= 0.3 is 12.4 Å². The molecule has 0 unspecified atom stereocenters. The van der Waals surface area contributed by atoms with Crippen molar-refractivity contribution in [3.63, 3.8) is 0 Å². The highest BCUT2D eigenvalue weighted by atomic mass is 19.4. The number of aryl methyl sites for hydroxylation is 2. The summed E-state index contributed by atoms with van der Waals surface area (Å²) in [7, 11) is 7.21. The van der Waals surface area contributed by atoms with Crippen LogP contribution in [0.3, 0.4) is 0 Å². The monoisotopic (exact) mass is 1140 g/mol. The zero-order valence-corrected chi connectivity index (χ0v) is 47.8. The van der Waals surface area contributed by atoms with Crippen LogP contribution in [0.2, 0.25) is 0 Å². The van der Waals surface area contributed by atoms with E-state index in [1.165, 1.54) is 33.9 Å². The summed E-state index contributed by atoms with van der Waals surface area (Å²) in [6.07, 6.45) is 2.43. The van der Waals surface area contributed by atoms with Crippen LogP contribution in [0.1, 0.15) is 112 Å². The zero-order valence-electron chi connectivity index (χ0n) is 47.8. The summed E-state index contributed by atoms with van der Waals surface area (Å²) >= 11 is 0. The second-order valence-corrected chi connectivity index (χ2v) is 22.6. The van der Waals surface area contributed by atoms with Crippen LogP contribution in [0.5, 0.6) is 0 Å². The van der Waals surface area contributed by atoms with E-state index in [0.29, 0.717) is 137 Å². The average molecular weight is 1140 g/mol. The quantitative estimate of drug-likeness (QED) is 0.134. The first-order chi connectivity index (χ1) is 39.1. The number of rotatable bonds is 8. The van der Waals surface area contributed by atoms with E-state index in [0.717, 1.165) is 48.2 Å². The third kappa shape index (κ3) is 10.6. The second kappa shape index (κ2) is 22.2. The van der Waals surface area contributed by atoms with Crippen LogP contribution in [-0.2, 0) is 71.4 Å². The molecule has 6 aliphatic rings. The average Bonchev–Trinajstić information content (AvgIpc) is 2.63. The summed E-state index contributed by atoms with van der Waals surface area (Å²) in [6, 6.07) is 6.10. The summed E-state index contributed by atoms with van der Waals surface area (Å²) in [5, 5.41) is 18.5. The van der Waals surface area contributed by atoms with Crippen molar-refractivity contribution < 1.29 is 45.4 Å². The Kier molecular flexibility index (Phi) is 15.4. The number of hydrogen-bond acceptors (Lipinski definition) is 12. The number of carbonyl (C=O) groups excluding carboxylic acids is 2. The molecule has 2 fully saturated rings. The molecule has 0 spiro atoms. The Morgan fingerprint density at radius 1 is 0.573 bits per heavy atom. The predicted octanol–water partition coefficient (Wildman–Crippen LogP) is 9.85. The number of nitrogens with zero attached hydrogens (tertiary/aromatic N) is 14. The van der Waals surface area contributed by atoms with Crippen molar-refractivity contribution in [1.29, 1.82) is 0 Å². The maximum atomic E-state index is 14.6. The molecule has 6 aliphatic heterocycles. The van der Waals surface area contributed by atoms with Gasteiger partial charge in [0.15, 0.2) is 11.6 Å². The third-order valence-corrected chi connectivity index (χ3v) is 17.5. The van der Waals surface area contributed by atoms with Crippen LogP contribution in [0.4, 0.5) is 60.7 Å². The SMILES string of the molecule is CCC(=O)N1CCc2c(c(N3C[C@@H](C)N(C)c4cc(-c5cnn(C)c5)c(C(F)(F)F)cc43)nn2C2CCOCC2)C1.CCC(=O)N1CCc2c(c(N3C[C@H](C)N(C)c4cc(-c5cnn(C)c5)c(C(F)(F)F)cc43)nn2C2CCOCC2)C1. The normalized spacial score (nSPS) is 19.9. The first-order valence-corrected chi connectivity index (χ1v) is 28.5. The molecule has 2 saturated heterocycles. The molecular weight excluding hydrogens is 1070 g/mol. The molecule has 82 heavy (non-hydrogen) atoms. The van der Waals surface area contributed by atoms with Gasteiger partial charge in [0, 0.05) is 165 Å². The lowest BCUT2D eigenvalue weighted by molar-refractivity contribution is -0.137. The molecular formula is C58H72F6N14O4. The minimum Gasteiger partial charge on any atom is -0.381 e. The Labute approximate surface area is 473 Å². The van der Waals surface area contributed by atoms with Gasteiger partial charge in [0.2, 0.25) is 11.8 Å². The van der Waals surface area contributed by atoms with Gasteiger partial charge < -0.3 is 38.9 Å². The Morgan fingerprint density at radius 2 is 0.951 bits per heavy atom. The Balaban J connectivity index is 0.000000172. The van der Waals surface area contributed by atoms with Gasteiger partial charge in [-0.05, 0) is 74.9 Å². The first kappa shape index (κ1) is 56.8. The van der Waals surface area contributed by atoms with Crippen molar-refractivity contribution in [2.75, 3.05) is 86.3 Å². The molecule has 10 heterocycles. The molecule has 2 aromatic carbocycles. The van der Waals surface area contributed by atoms with Gasteiger partial charge in [0.1, 0.15) is 0 Å². The lowest BCUT2D eigenvalue weighted by Gasteiger charge is -2.42. The van der Waals surface area contributed by atoms with Crippen molar-refractivity contribution in [1.82, 2.24) is 48.9 Å². The van der Waals surface area contributed by atoms with Crippen LogP contribution in [0, 0.1) is 0 Å². The Morgan fingerprint density at radius 3 is 1.28 bits per heavy atom. The second-order valence-electron chi connectivity index (χ2n) is 22.6. The van der Waals surface area contributed by atoms with Gasteiger partial charge in [-0.2, -0.15) is 46.7 Å². The van der Waals surface area contributed by atoms with Gasteiger partial charge in [-0.1, -0.05) is 13.8 Å². The van der Waals surface area contributed by atoms with Crippen LogP contribution in [0.25, 0.3) is 22.3 Å². The smallest absolute Gasteiger partial charge is 0.381 e. The third-order valence-electron chi connectivity index (χ3n) is 17.5. The van der Waals surface area contributed by atoms with E-state index in [1.54, 1.807) is 38.6 Å². The molecule has 18 nitrogen and oxygen atoms in total. The molecule has 24 heteroatoms. The minimum atomic E-state index is -4.57. The largest absolute Gasteiger partial charge is 0.417 e. The molecule has 0 bridgehead atoms. The molecule has 0 radical (unpaired) electrons. The molecule has 440 valence electrons. The predicted molar refractivity (Wildman–Crippen MR) is 298 cm³/mol. The highest BCUT2D eigenvalue weighted by Crippen LogP contribution is 2.51. The maximum Gasteiger partial charge on any atom is 0.417 e. The van der Waals surface area contributed by atoms with Gasteiger partial charge in [-0.3, -0.25) is 28.3 Å². The van der Waals surface area contributed by atoms with Crippen molar-refractivity contribution in [2.45, 2.75) is 129 Å². The lowest BCUT2D eigenvalue weighted by atomic mass is 9.96. The van der Waals surface area contributed by atoms with Gasteiger partial charge in [0.05, 0.1) is 71.4 Å². The van der Waals surface area contributed by atoms with Crippen LogP contribution >= 0.6 is 0 Å². The zero-order chi connectivity index (χ0) is 58.1. The molecule has 12 rings (SSSR count). The number of benzene rings is 2. The number of halogens is 6. The van der Waals surface area contributed by atoms with Gasteiger partial charge in [-0.15, -0.1) is 0 Å². The molecule has 0 aliphatic carbocycles. The minimum absolute atomic E-state index is 0.00170. The fraction of sp³-hybridized carbons (Fsp3) is 0.552. The molecule has 0 N–H and O–H groups in total. The number of likely N-dealkylation sites (N-methyl/N-ethyl adjacent to an activating group) is 2. The van der Waals surface area contributed by atoms with E-state index < -0.39 is 23.5 Å². The van der Waals surface area contributed by atoms with E-state index in [1.807, 2.05) is 57.3 Å². The van der Waals surface area contributed by atoms with Crippen molar-refractivity contribution >= 4 is 46.2 Å². The molecule has 2 amide bonds. The highest BCUT2D eigenvalue weighted by molar-refractivity contribution is 5.88. The number of alkyl halides is 6. The Hall–Kier alpha value is -7.08. The van der Waals surface area contributed by atoms with E-state index in [-0.39, 0.29) is 47.1 Å². The van der Waals surface area contributed by atoms with Crippen molar-refractivity contribution in [2.24, 2.45) is 14.1 Å². The maximum absolute atomic E-state index is 14.6. The number of anilines is 6.